The SMILES string of the molecule is CNC(=O)C(C)CN(C)C(=O)CCCl. The minimum absolute atomic E-state index is 0.0317. The topological polar surface area (TPSA) is 49.4 Å². The number of carbonyl (C=O) groups is 2. The highest BCUT2D eigenvalue weighted by Gasteiger charge is 2.16. The fraction of sp³-hybridized carbons (Fsp3) is 0.778. The first-order valence-electron chi connectivity index (χ1n) is 4.54. The predicted octanol–water partition coefficient (Wildman–Crippen LogP) is 0.456. The van der Waals surface area contributed by atoms with Crippen molar-refractivity contribution >= 4 is 23.4 Å². The van der Waals surface area contributed by atoms with Crippen molar-refractivity contribution in [2.45, 2.75) is 13.3 Å². The molecule has 2 amide bonds. The quantitative estimate of drug-likeness (QED) is 0.685. The van der Waals surface area contributed by atoms with Crippen LogP contribution in [0.4, 0.5) is 0 Å². The van der Waals surface area contributed by atoms with Crippen LogP contribution in [0, 0.1) is 5.92 Å². The van der Waals surface area contributed by atoms with Crippen LogP contribution in [-0.4, -0.2) is 43.2 Å². The van der Waals surface area contributed by atoms with Crippen LogP contribution < -0.4 is 5.32 Å². The minimum atomic E-state index is -0.190. The van der Waals surface area contributed by atoms with Gasteiger partial charge in [-0.1, -0.05) is 6.92 Å². The van der Waals surface area contributed by atoms with Crippen LogP contribution in [-0.2, 0) is 9.59 Å². The predicted molar refractivity (Wildman–Crippen MR) is 56.2 cm³/mol. The van der Waals surface area contributed by atoms with E-state index in [1.807, 2.05) is 0 Å². The number of hydrogen-bond donors (Lipinski definition) is 1. The number of carbonyl (C=O) groups excluding carboxylic acids is 2. The lowest BCUT2D eigenvalue weighted by Crippen LogP contribution is -2.37. The third kappa shape index (κ3) is 4.46. The second-order valence-electron chi connectivity index (χ2n) is 3.23. The molecule has 0 aliphatic carbocycles. The van der Waals surface area contributed by atoms with Gasteiger partial charge in [-0.2, -0.15) is 0 Å². The summed E-state index contributed by atoms with van der Waals surface area (Å²) < 4.78 is 0. The van der Waals surface area contributed by atoms with Crippen molar-refractivity contribution in [2.75, 3.05) is 26.5 Å². The molecule has 0 saturated carbocycles. The zero-order valence-electron chi connectivity index (χ0n) is 8.84. The Bertz CT molecular complexity index is 209. The number of nitrogens with one attached hydrogen (secondary N) is 1. The zero-order chi connectivity index (χ0) is 11.1. The summed E-state index contributed by atoms with van der Waals surface area (Å²) in [6.07, 6.45) is 0.318. The Labute approximate surface area is 89.6 Å². The smallest absolute Gasteiger partial charge is 0.224 e. The van der Waals surface area contributed by atoms with Gasteiger partial charge in [-0.05, 0) is 0 Å². The van der Waals surface area contributed by atoms with E-state index in [0.717, 1.165) is 0 Å². The summed E-state index contributed by atoms with van der Waals surface area (Å²) in [5.74, 6) is 0.0351. The molecule has 5 heteroatoms. The second kappa shape index (κ2) is 6.65. The molecular formula is C9H17ClN2O2. The van der Waals surface area contributed by atoms with Crippen molar-refractivity contribution in [3.63, 3.8) is 0 Å². The maximum atomic E-state index is 11.3. The average Bonchev–Trinajstić information content (AvgIpc) is 2.16. The van der Waals surface area contributed by atoms with E-state index in [0.29, 0.717) is 18.8 Å². The molecule has 82 valence electrons. The number of nitrogens with zero attached hydrogens (tertiary/aromatic N) is 1. The highest BCUT2D eigenvalue weighted by molar-refractivity contribution is 6.18. The van der Waals surface area contributed by atoms with E-state index in [4.69, 9.17) is 11.6 Å². The van der Waals surface area contributed by atoms with Gasteiger partial charge < -0.3 is 10.2 Å². The molecule has 0 radical (unpaired) electrons. The van der Waals surface area contributed by atoms with E-state index < -0.39 is 0 Å². The normalized spacial score (nSPS) is 12.0. The molecule has 0 aromatic heterocycles. The lowest BCUT2D eigenvalue weighted by Gasteiger charge is -2.20. The molecule has 0 aromatic carbocycles. The fourth-order valence-electron chi connectivity index (χ4n) is 1.11. The first-order valence-corrected chi connectivity index (χ1v) is 5.07. The summed E-state index contributed by atoms with van der Waals surface area (Å²) in [5, 5.41) is 2.54. The van der Waals surface area contributed by atoms with Crippen molar-refractivity contribution in [3.8, 4) is 0 Å². The molecule has 0 saturated heterocycles. The summed E-state index contributed by atoms with van der Waals surface area (Å²) in [4.78, 5) is 24.0. The van der Waals surface area contributed by atoms with Gasteiger partial charge in [0.05, 0.1) is 5.92 Å². The van der Waals surface area contributed by atoms with E-state index in [2.05, 4.69) is 5.32 Å². The minimum Gasteiger partial charge on any atom is -0.359 e. The van der Waals surface area contributed by atoms with Gasteiger partial charge in [0.1, 0.15) is 0 Å². The number of halogens is 1. The van der Waals surface area contributed by atoms with Gasteiger partial charge in [-0.25, -0.2) is 0 Å². The Hall–Kier alpha value is -0.770. The van der Waals surface area contributed by atoms with Gasteiger partial charge in [-0.3, -0.25) is 9.59 Å². The van der Waals surface area contributed by atoms with Crippen LogP contribution in [0.1, 0.15) is 13.3 Å². The van der Waals surface area contributed by atoms with Crippen LogP contribution in [0.5, 0.6) is 0 Å². The lowest BCUT2D eigenvalue weighted by atomic mass is 10.1. The van der Waals surface area contributed by atoms with Crippen molar-refractivity contribution < 1.29 is 9.59 Å². The van der Waals surface area contributed by atoms with Gasteiger partial charge >= 0.3 is 0 Å². The molecule has 1 atom stereocenters. The van der Waals surface area contributed by atoms with Gasteiger partial charge in [0, 0.05) is 32.9 Å². The lowest BCUT2D eigenvalue weighted by molar-refractivity contribution is -0.131. The Kier molecular flexibility index (Phi) is 6.28. The molecule has 0 aliphatic rings. The van der Waals surface area contributed by atoms with E-state index in [1.54, 1.807) is 21.0 Å². The summed E-state index contributed by atoms with van der Waals surface area (Å²) >= 11 is 5.44. The highest BCUT2D eigenvalue weighted by Crippen LogP contribution is 2.00. The van der Waals surface area contributed by atoms with E-state index >= 15 is 0 Å². The van der Waals surface area contributed by atoms with Crippen molar-refractivity contribution in [1.29, 1.82) is 0 Å². The van der Waals surface area contributed by atoms with Crippen molar-refractivity contribution in [1.82, 2.24) is 10.2 Å². The van der Waals surface area contributed by atoms with Crippen LogP contribution in [0.2, 0.25) is 0 Å². The average molecular weight is 221 g/mol. The van der Waals surface area contributed by atoms with E-state index in [-0.39, 0.29) is 17.7 Å². The van der Waals surface area contributed by atoms with Crippen molar-refractivity contribution in [3.05, 3.63) is 0 Å². The third-order valence-electron chi connectivity index (χ3n) is 1.98. The number of amides is 2. The van der Waals surface area contributed by atoms with E-state index in [1.165, 1.54) is 4.90 Å². The van der Waals surface area contributed by atoms with Crippen LogP contribution >= 0.6 is 11.6 Å². The standard InChI is InChI=1S/C9H17ClN2O2/c1-7(9(14)11-2)6-12(3)8(13)4-5-10/h7H,4-6H2,1-3H3,(H,11,14). The fourth-order valence-corrected chi connectivity index (χ4v) is 1.28. The zero-order valence-corrected chi connectivity index (χ0v) is 9.60. The molecule has 1 N–H and O–H groups in total. The molecule has 0 bridgehead atoms. The Balaban J connectivity index is 3.98. The summed E-state index contributed by atoms with van der Waals surface area (Å²) in [5.41, 5.74) is 0. The second-order valence-corrected chi connectivity index (χ2v) is 3.61. The molecule has 4 nitrogen and oxygen atoms in total. The Morgan fingerprint density at radius 2 is 2.07 bits per heavy atom. The first-order chi connectivity index (χ1) is 6.52. The van der Waals surface area contributed by atoms with Crippen molar-refractivity contribution in [2.24, 2.45) is 5.92 Å². The maximum absolute atomic E-state index is 11.3. The number of hydrogen-bond acceptors (Lipinski definition) is 2. The molecule has 14 heavy (non-hydrogen) atoms. The molecular weight excluding hydrogens is 204 g/mol. The van der Waals surface area contributed by atoms with E-state index in [9.17, 15) is 9.59 Å². The summed E-state index contributed by atoms with van der Waals surface area (Å²) in [6.45, 7) is 2.21. The van der Waals surface area contributed by atoms with Gasteiger partial charge in [0.25, 0.3) is 0 Å². The largest absolute Gasteiger partial charge is 0.359 e. The number of alkyl halides is 1. The molecule has 0 aromatic rings. The molecule has 0 fully saturated rings. The monoisotopic (exact) mass is 220 g/mol. The first kappa shape index (κ1) is 13.2. The molecule has 1 unspecified atom stereocenters. The van der Waals surface area contributed by atoms with Gasteiger partial charge in [0.15, 0.2) is 0 Å². The summed E-state index contributed by atoms with van der Waals surface area (Å²) in [7, 11) is 3.26. The molecule has 0 rings (SSSR count). The van der Waals surface area contributed by atoms with Gasteiger partial charge in [0.2, 0.25) is 11.8 Å². The maximum Gasteiger partial charge on any atom is 0.224 e. The molecule has 0 aliphatic heterocycles. The molecule has 0 heterocycles. The highest BCUT2D eigenvalue weighted by atomic mass is 35.5. The Morgan fingerprint density at radius 3 is 2.50 bits per heavy atom. The Morgan fingerprint density at radius 1 is 1.50 bits per heavy atom. The van der Waals surface area contributed by atoms with Gasteiger partial charge in [-0.15, -0.1) is 11.6 Å². The van der Waals surface area contributed by atoms with Crippen LogP contribution in [0.3, 0.4) is 0 Å². The number of rotatable bonds is 5. The van der Waals surface area contributed by atoms with Crippen LogP contribution in [0.25, 0.3) is 0 Å². The third-order valence-corrected chi connectivity index (χ3v) is 2.16. The summed E-state index contributed by atoms with van der Waals surface area (Å²) in [6, 6.07) is 0. The molecule has 0 spiro atoms. The van der Waals surface area contributed by atoms with Crippen LogP contribution in [0.15, 0.2) is 0 Å².